The van der Waals surface area contributed by atoms with Crippen LogP contribution in [-0.2, 0) is 4.79 Å². The molecule has 1 amide bonds. The van der Waals surface area contributed by atoms with Crippen molar-refractivity contribution in [1.29, 1.82) is 0 Å². The molecule has 1 saturated heterocycles. The molecule has 1 aromatic carbocycles. The fraction of sp³-hybridized carbons (Fsp3) is 0.300. The Bertz CT molecular complexity index is 186. The zero-order chi connectivity index (χ0) is 8.65. The summed E-state index contributed by atoms with van der Waals surface area (Å²) in [6.07, 6.45) is 1.76. The van der Waals surface area contributed by atoms with E-state index in [1.807, 2.05) is 36.4 Å². The lowest BCUT2D eigenvalue weighted by Gasteiger charge is -1.80. The minimum atomic E-state index is 0.204. The molecular formula is C10H13NO. The Morgan fingerprint density at radius 1 is 1.00 bits per heavy atom. The summed E-state index contributed by atoms with van der Waals surface area (Å²) in [4.78, 5) is 10.1. The van der Waals surface area contributed by atoms with E-state index in [0.29, 0.717) is 0 Å². The van der Waals surface area contributed by atoms with Gasteiger partial charge in [0.1, 0.15) is 0 Å². The first-order chi connectivity index (χ1) is 5.89. The molecule has 0 aliphatic carbocycles. The van der Waals surface area contributed by atoms with Crippen LogP contribution in [0.15, 0.2) is 36.4 Å². The summed E-state index contributed by atoms with van der Waals surface area (Å²) in [6, 6.07) is 12.0. The maximum absolute atomic E-state index is 10.1. The Morgan fingerprint density at radius 3 is 1.67 bits per heavy atom. The monoisotopic (exact) mass is 163 g/mol. The molecular weight excluding hydrogens is 150 g/mol. The minimum Gasteiger partial charge on any atom is -0.356 e. The van der Waals surface area contributed by atoms with Gasteiger partial charge in [0.25, 0.3) is 0 Å². The normalized spacial score (nSPS) is 14.5. The topological polar surface area (TPSA) is 29.1 Å². The highest BCUT2D eigenvalue weighted by Gasteiger charge is 2.05. The quantitative estimate of drug-likeness (QED) is 0.618. The summed E-state index contributed by atoms with van der Waals surface area (Å²) in [7, 11) is 0. The molecule has 1 N–H and O–H groups in total. The number of benzene rings is 1. The van der Waals surface area contributed by atoms with Crippen molar-refractivity contribution >= 4 is 5.91 Å². The Hall–Kier alpha value is -1.31. The predicted octanol–water partition coefficient (Wildman–Crippen LogP) is 1.58. The van der Waals surface area contributed by atoms with Crippen molar-refractivity contribution in [3.63, 3.8) is 0 Å². The highest BCUT2D eigenvalue weighted by molar-refractivity contribution is 5.77. The van der Waals surface area contributed by atoms with Crippen molar-refractivity contribution in [2.45, 2.75) is 12.8 Å². The highest BCUT2D eigenvalue weighted by Crippen LogP contribution is 1.93. The third-order valence-electron chi connectivity index (χ3n) is 1.57. The second-order valence-electron chi connectivity index (χ2n) is 2.61. The summed E-state index contributed by atoms with van der Waals surface area (Å²) in [5.41, 5.74) is 0. The second kappa shape index (κ2) is 5.35. The van der Waals surface area contributed by atoms with Gasteiger partial charge in [0.15, 0.2) is 0 Å². The van der Waals surface area contributed by atoms with Crippen molar-refractivity contribution in [1.82, 2.24) is 5.32 Å². The van der Waals surface area contributed by atoms with Crippen LogP contribution in [0.4, 0.5) is 0 Å². The maximum atomic E-state index is 10.1. The Kier molecular flexibility index (Phi) is 3.92. The smallest absolute Gasteiger partial charge is 0.220 e. The van der Waals surface area contributed by atoms with E-state index in [2.05, 4.69) is 5.32 Å². The van der Waals surface area contributed by atoms with Crippen LogP contribution >= 0.6 is 0 Å². The fourth-order valence-corrected chi connectivity index (χ4v) is 0.950. The Balaban J connectivity index is 0.000000120. The van der Waals surface area contributed by atoms with Gasteiger partial charge in [-0.25, -0.2) is 0 Å². The van der Waals surface area contributed by atoms with Gasteiger partial charge in [-0.15, -0.1) is 0 Å². The number of carbonyl (C=O) groups is 1. The van der Waals surface area contributed by atoms with E-state index in [1.165, 1.54) is 0 Å². The predicted molar refractivity (Wildman–Crippen MR) is 48.7 cm³/mol. The summed E-state index contributed by atoms with van der Waals surface area (Å²) in [5.74, 6) is 0.204. The van der Waals surface area contributed by atoms with E-state index < -0.39 is 0 Å². The molecule has 2 heteroatoms. The van der Waals surface area contributed by atoms with Crippen LogP contribution < -0.4 is 5.32 Å². The second-order valence-corrected chi connectivity index (χ2v) is 2.61. The standard InChI is InChI=1S/C6H6.C4H7NO/c1-2-4-6-5-3-1;6-4-2-1-3-5-4/h1-6H;1-3H2,(H,5,6). The molecule has 0 spiro atoms. The van der Waals surface area contributed by atoms with Crippen LogP contribution in [0.2, 0.25) is 0 Å². The molecule has 1 aliphatic heterocycles. The van der Waals surface area contributed by atoms with Gasteiger partial charge in [0.2, 0.25) is 5.91 Å². The number of hydrogen-bond acceptors (Lipinski definition) is 1. The molecule has 0 aromatic heterocycles. The van der Waals surface area contributed by atoms with E-state index in [4.69, 9.17) is 0 Å². The molecule has 1 heterocycles. The van der Waals surface area contributed by atoms with Gasteiger partial charge in [0, 0.05) is 13.0 Å². The summed E-state index contributed by atoms with van der Waals surface area (Å²) >= 11 is 0. The van der Waals surface area contributed by atoms with E-state index >= 15 is 0 Å². The summed E-state index contributed by atoms with van der Waals surface area (Å²) in [6.45, 7) is 0.888. The van der Waals surface area contributed by atoms with Gasteiger partial charge in [-0.1, -0.05) is 36.4 Å². The van der Waals surface area contributed by atoms with Gasteiger partial charge < -0.3 is 5.32 Å². The number of amides is 1. The molecule has 0 atom stereocenters. The minimum absolute atomic E-state index is 0.204. The van der Waals surface area contributed by atoms with Crippen molar-refractivity contribution < 1.29 is 4.79 Å². The molecule has 0 unspecified atom stereocenters. The first kappa shape index (κ1) is 8.78. The molecule has 1 aromatic rings. The van der Waals surface area contributed by atoms with Crippen molar-refractivity contribution in [3.8, 4) is 0 Å². The molecule has 2 nitrogen and oxygen atoms in total. The van der Waals surface area contributed by atoms with E-state index in [-0.39, 0.29) is 5.91 Å². The fourth-order valence-electron chi connectivity index (χ4n) is 0.950. The number of carbonyl (C=O) groups excluding carboxylic acids is 1. The maximum Gasteiger partial charge on any atom is 0.220 e. The SMILES string of the molecule is O=C1CCCN1.c1ccccc1. The van der Waals surface area contributed by atoms with Crippen LogP contribution in [0.5, 0.6) is 0 Å². The van der Waals surface area contributed by atoms with E-state index in [0.717, 1.165) is 19.4 Å². The largest absolute Gasteiger partial charge is 0.356 e. The van der Waals surface area contributed by atoms with Gasteiger partial charge in [-0.2, -0.15) is 0 Å². The number of rotatable bonds is 0. The average molecular weight is 163 g/mol. The van der Waals surface area contributed by atoms with Crippen molar-refractivity contribution in [2.75, 3.05) is 6.54 Å². The summed E-state index contributed by atoms with van der Waals surface area (Å²) < 4.78 is 0. The first-order valence-electron chi connectivity index (χ1n) is 4.16. The third-order valence-corrected chi connectivity index (χ3v) is 1.57. The molecule has 12 heavy (non-hydrogen) atoms. The zero-order valence-electron chi connectivity index (χ0n) is 6.99. The third kappa shape index (κ3) is 3.76. The van der Waals surface area contributed by atoms with Crippen molar-refractivity contribution in [2.24, 2.45) is 0 Å². The molecule has 64 valence electrons. The molecule has 1 fully saturated rings. The molecule has 2 rings (SSSR count). The Labute approximate surface area is 72.6 Å². The van der Waals surface area contributed by atoms with Crippen LogP contribution in [0, 0.1) is 0 Å². The van der Waals surface area contributed by atoms with Crippen molar-refractivity contribution in [3.05, 3.63) is 36.4 Å². The van der Waals surface area contributed by atoms with Crippen LogP contribution in [0.25, 0.3) is 0 Å². The van der Waals surface area contributed by atoms with E-state index in [9.17, 15) is 4.79 Å². The Morgan fingerprint density at radius 2 is 1.50 bits per heavy atom. The molecule has 0 bridgehead atoms. The molecule has 1 aliphatic rings. The van der Waals surface area contributed by atoms with Gasteiger partial charge in [-0.05, 0) is 6.42 Å². The molecule has 0 saturated carbocycles. The number of hydrogen-bond donors (Lipinski definition) is 1. The van der Waals surface area contributed by atoms with Crippen LogP contribution in [0.1, 0.15) is 12.8 Å². The first-order valence-corrected chi connectivity index (χ1v) is 4.16. The van der Waals surface area contributed by atoms with Gasteiger partial charge >= 0.3 is 0 Å². The summed E-state index contributed by atoms with van der Waals surface area (Å²) in [5, 5.41) is 2.68. The lowest BCUT2D eigenvalue weighted by atomic mass is 10.4. The van der Waals surface area contributed by atoms with Gasteiger partial charge in [0.05, 0.1) is 0 Å². The van der Waals surface area contributed by atoms with Gasteiger partial charge in [-0.3, -0.25) is 4.79 Å². The van der Waals surface area contributed by atoms with Crippen LogP contribution in [-0.4, -0.2) is 12.5 Å². The average Bonchev–Trinajstić information content (AvgIpc) is 2.60. The highest BCUT2D eigenvalue weighted by atomic mass is 16.1. The van der Waals surface area contributed by atoms with E-state index in [1.54, 1.807) is 0 Å². The number of nitrogens with one attached hydrogen (secondary N) is 1. The zero-order valence-corrected chi connectivity index (χ0v) is 6.99. The molecule has 0 radical (unpaired) electrons. The van der Waals surface area contributed by atoms with Crippen LogP contribution in [0.3, 0.4) is 0 Å². The lowest BCUT2D eigenvalue weighted by molar-refractivity contribution is -0.119. The lowest BCUT2D eigenvalue weighted by Crippen LogP contribution is -2.12.